The summed E-state index contributed by atoms with van der Waals surface area (Å²) in [4.78, 5) is 34.6. The zero-order valence-corrected chi connectivity index (χ0v) is 16.7. The fraction of sp³-hybridized carbons (Fsp3) is 0.550. The van der Waals surface area contributed by atoms with Crippen LogP contribution in [0.4, 0.5) is 0 Å². The molecule has 0 aromatic heterocycles. The van der Waals surface area contributed by atoms with Gasteiger partial charge >= 0.3 is 5.97 Å². The van der Waals surface area contributed by atoms with E-state index in [0.29, 0.717) is 17.3 Å². The topological polar surface area (TPSA) is 83.5 Å². The maximum atomic E-state index is 12.9. The minimum atomic E-state index is -1.04. The van der Waals surface area contributed by atoms with Gasteiger partial charge in [-0.25, -0.2) is 4.99 Å². The predicted molar refractivity (Wildman–Crippen MR) is 105 cm³/mol. The molecule has 1 fully saturated rings. The first kappa shape index (κ1) is 20.1. The Labute approximate surface area is 165 Å². The number of rotatable bonds is 5. The van der Waals surface area contributed by atoms with Crippen LogP contribution >= 0.6 is 0 Å². The lowest BCUT2D eigenvalue weighted by molar-refractivity contribution is -0.153. The van der Waals surface area contributed by atoms with Gasteiger partial charge in [0.25, 0.3) is 0 Å². The molecule has 2 aliphatic rings. The molecule has 2 aliphatic heterocycles. The number of benzene rings is 1. The third-order valence-electron chi connectivity index (χ3n) is 5.21. The van der Waals surface area contributed by atoms with Crippen LogP contribution in [0.2, 0.25) is 0 Å². The zero-order valence-electron chi connectivity index (χ0n) is 16.7. The van der Waals surface area contributed by atoms with Crippen LogP contribution in [0.15, 0.2) is 29.3 Å². The van der Waals surface area contributed by atoms with Gasteiger partial charge < -0.3 is 19.3 Å². The van der Waals surface area contributed by atoms with E-state index in [1.807, 2.05) is 18.2 Å². The number of para-hydroxylation sites is 1. The van der Waals surface area contributed by atoms with E-state index in [4.69, 9.17) is 14.5 Å². The summed E-state index contributed by atoms with van der Waals surface area (Å²) in [5.41, 5.74) is 0.697. The summed E-state index contributed by atoms with van der Waals surface area (Å²) in [7, 11) is 1.57. The fourth-order valence-electron chi connectivity index (χ4n) is 3.63. The van der Waals surface area contributed by atoms with Crippen LogP contribution in [0, 0.1) is 5.92 Å². The van der Waals surface area contributed by atoms with E-state index in [1.165, 1.54) is 0 Å². The maximum absolute atomic E-state index is 12.9. The molecule has 1 saturated heterocycles. The Bertz CT molecular complexity index is 743. The van der Waals surface area contributed by atoms with Crippen molar-refractivity contribution in [1.29, 1.82) is 0 Å². The van der Waals surface area contributed by atoms with Crippen molar-refractivity contribution in [2.75, 3.05) is 46.4 Å². The van der Waals surface area contributed by atoms with E-state index in [2.05, 4.69) is 22.0 Å². The summed E-state index contributed by atoms with van der Waals surface area (Å²) in [6.07, 6.45) is 0. The lowest BCUT2D eigenvalue weighted by Crippen LogP contribution is -2.57. The summed E-state index contributed by atoms with van der Waals surface area (Å²) < 4.78 is 10.6. The van der Waals surface area contributed by atoms with Gasteiger partial charge in [0.05, 0.1) is 13.7 Å². The summed E-state index contributed by atoms with van der Waals surface area (Å²) in [6, 6.07) is 6.65. The van der Waals surface area contributed by atoms with Crippen LogP contribution < -0.4 is 10.1 Å². The first-order chi connectivity index (χ1) is 13.6. The molecule has 0 bridgehead atoms. The molecule has 3 rings (SSSR count). The Balaban J connectivity index is 1.95. The van der Waals surface area contributed by atoms with Crippen molar-refractivity contribution >= 4 is 17.8 Å². The van der Waals surface area contributed by atoms with Gasteiger partial charge in [-0.2, -0.15) is 0 Å². The maximum Gasteiger partial charge on any atom is 0.321 e. The average molecular weight is 388 g/mol. The standard InChI is InChI=1S/C20H28N4O4/c1-4-23-10-12-24(13-11-23)20-21-17(14-8-6-7-9-15(14)27-3)16(18(25)22-20)19(26)28-5-2/h6-9,16-17H,4-5,10-13H2,1-3H3,(H,21,22,25)/t16-,17-/m0/s1. The average Bonchev–Trinajstić information content (AvgIpc) is 2.73. The number of esters is 1. The highest BCUT2D eigenvalue weighted by Crippen LogP contribution is 2.36. The van der Waals surface area contributed by atoms with Crippen LogP contribution in [0.3, 0.4) is 0 Å². The number of amides is 1. The number of carbonyl (C=O) groups excluding carboxylic acids is 2. The molecule has 152 valence electrons. The van der Waals surface area contributed by atoms with Crippen LogP contribution in [-0.2, 0) is 14.3 Å². The highest BCUT2D eigenvalue weighted by atomic mass is 16.5. The molecule has 1 N–H and O–H groups in total. The first-order valence-corrected chi connectivity index (χ1v) is 9.74. The SMILES string of the molecule is CCOC(=O)[C@@H]1C(=O)NC(N2CCN(CC)CC2)=N[C@H]1c1ccccc1OC. The first-order valence-electron chi connectivity index (χ1n) is 9.74. The number of nitrogens with one attached hydrogen (secondary N) is 1. The molecular weight excluding hydrogens is 360 g/mol. The van der Waals surface area contributed by atoms with Gasteiger partial charge in [0, 0.05) is 31.7 Å². The summed E-state index contributed by atoms with van der Waals surface area (Å²) in [5.74, 6) is -0.906. The number of carbonyl (C=O) groups is 2. The van der Waals surface area contributed by atoms with Crippen molar-refractivity contribution in [1.82, 2.24) is 15.1 Å². The molecule has 2 atom stereocenters. The Kier molecular flexibility index (Phi) is 6.51. The molecule has 0 radical (unpaired) electrons. The van der Waals surface area contributed by atoms with Crippen molar-refractivity contribution in [3.05, 3.63) is 29.8 Å². The highest BCUT2D eigenvalue weighted by Gasteiger charge is 2.43. The Morgan fingerprint density at radius 3 is 2.57 bits per heavy atom. The van der Waals surface area contributed by atoms with Gasteiger partial charge in [-0.05, 0) is 19.5 Å². The van der Waals surface area contributed by atoms with Crippen molar-refractivity contribution in [2.24, 2.45) is 10.9 Å². The van der Waals surface area contributed by atoms with Gasteiger partial charge in [0.2, 0.25) is 11.9 Å². The van der Waals surface area contributed by atoms with E-state index in [1.54, 1.807) is 20.1 Å². The summed E-state index contributed by atoms with van der Waals surface area (Å²) in [6.45, 7) is 8.43. The number of hydrogen-bond acceptors (Lipinski definition) is 7. The number of ether oxygens (including phenoxy) is 2. The Morgan fingerprint density at radius 1 is 1.21 bits per heavy atom. The Morgan fingerprint density at radius 2 is 1.93 bits per heavy atom. The third kappa shape index (κ3) is 4.11. The molecule has 0 spiro atoms. The number of guanidine groups is 1. The molecule has 1 aromatic rings. The van der Waals surface area contributed by atoms with Crippen molar-refractivity contribution < 1.29 is 19.1 Å². The van der Waals surface area contributed by atoms with Crippen LogP contribution in [0.25, 0.3) is 0 Å². The van der Waals surface area contributed by atoms with Crippen LogP contribution in [0.5, 0.6) is 5.75 Å². The van der Waals surface area contributed by atoms with Crippen LogP contribution in [-0.4, -0.2) is 74.1 Å². The molecule has 0 unspecified atom stereocenters. The van der Waals surface area contributed by atoms with Crippen LogP contribution in [0.1, 0.15) is 25.5 Å². The number of aliphatic imine (C=N–C) groups is 1. The van der Waals surface area contributed by atoms with Crippen molar-refractivity contribution in [2.45, 2.75) is 19.9 Å². The number of likely N-dealkylation sites (N-methyl/N-ethyl adjacent to an activating group) is 1. The molecule has 0 saturated carbocycles. The molecule has 8 heteroatoms. The second-order valence-corrected chi connectivity index (χ2v) is 6.78. The fourth-order valence-corrected chi connectivity index (χ4v) is 3.63. The van der Waals surface area contributed by atoms with E-state index >= 15 is 0 Å². The van der Waals surface area contributed by atoms with E-state index in [0.717, 1.165) is 32.7 Å². The van der Waals surface area contributed by atoms with Crippen molar-refractivity contribution in [3.63, 3.8) is 0 Å². The molecular formula is C20H28N4O4. The van der Waals surface area contributed by atoms with Crippen molar-refractivity contribution in [3.8, 4) is 5.75 Å². The second-order valence-electron chi connectivity index (χ2n) is 6.78. The molecule has 1 amide bonds. The van der Waals surface area contributed by atoms with E-state index < -0.39 is 23.8 Å². The summed E-state index contributed by atoms with van der Waals surface area (Å²) in [5, 5.41) is 2.82. The molecule has 1 aromatic carbocycles. The third-order valence-corrected chi connectivity index (χ3v) is 5.21. The minimum absolute atomic E-state index is 0.205. The normalized spacial score (nSPS) is 23.0. The van der Waals surface area contributed by atoms with Gasteiger partial charge in [-0.15, -0.1) is 0 Å². The largest absolute Gasteiger partial charge is 0.496 e. The monoisotopic (exact) mass is 388 g/mol. The smallest absolute Gasteiger partial charge is 0.321 e. The molecule has 2 heterocycles. The van der Waals surface area contributed by atoms with Gasteiger partial charge in [0.15, 0.2) is 5.92 Å². The zero-order chi connectivity index (χ0) is 20.1. The number of methoxy groups -OCH3 is 1. The molecule has 0 aliphatic carbocycles. The molecule has 8 nitrogen and oxygen atoms in total. The number of hydrogen-bond donors (Lipinski definition) is 1. The van der Waals surface area contributed by atoms with Gasteiger partial charge in [-0.3, -0.25) is 14.9 Å². The lowest BCUT2D eigenvalue weighted by Gasteiger charge is -2.38. The Hall–Kier alpha value is -2.61. The predicted octanol–water partition coefficient (Wildman–Crippen LogP) is 1.04. The van der Waals surface area contributed by atoms with E-state index in [-0.39, 0.29) is 6.61 Å². The number of piperazine rings is 1. The van der Waals surface area contributed by atoms with Gasteiger partial charge in [0.1, 0.15) is 11.8 Å². The highest BCUT2D eigenvalue weighted by molar-refractivity contribution is 6.08. The minimum Gasteiger partial charge on any atom is -0.496 e. The molecule has 28 heavy (non-hydrogen) atoms. The lowest BCUT2D eigenvalue weighted by atomic mass is 9.90. The number of nitrogens with zero attached hydrogens (tertiary/aromatic N) is 3. The second kappa shape index (κ2) is 9.05. The van der Waals surface area contributed by atoms with E-state index in [9.17, 15) is 9.59 Å². The van der Waals surface area contributed by atoms with Gasteiger partial charge in [-0.1, -0.05) is 25.1 Å². The summed E-state index contributed by atoms with van der Waals surface area (Å²) >= 11 is 0. The quantitative estimate of drug-likeness (QED) is 0.599.